The van der Waals surface area contributed by atoms with Crippen molar-refractivity contribution in [2.24, 2.45) is 0 Å². The van der Waals surface area contributed by atoms with Gasteiger partial charge in [-0.25, -0.2) is 14.4 Å². The van der Waals surface area contributed by atoms with Crippen LogP contribution in [0.2, 0.25) is 5.15 Å². The van der Waals surface area contributed by atoms with Gasteiger partial charge >= 0.3 is 0 Å². The first kappa shape index (κ1) is 27.0. The number of halogens is 2. The minimum absolute atomic E-state index is 0.0782. The second kappa shape index (κ2) is 12.5. The van der Waals surface area contributed by atoms with Crippen LogP contribution in [0.5, 0.6) is 0 Å². The Labute approximate surface area is 237 Å². The highest BCUT2D eigenvalue weighted by Gasteiger charge is 2.21. The van der Waals surface area contributed by atoms with Crippen molar-refractivity contribution in [1.82, 2.24) is 15.3 Å². The molecule has 1 atom stereocenters. The number of nitrogens with zero attached hydrogens (tertiary/aromatic N) is 4. The van der Waals surface area contributed by atoms with Crippen LogP contribution in [0.25, 0.3) is 0 Å². The van der Waals surface area contributed by atoms with Crippen molar-refractivity contribution < 1.29 is 9.18 Å². The van der Waals surface area contributed by atoms with E-state index in [0.717, 1.165) is 16.9 Å². The molecule has 1 amide bonds. The van der Waals surface area contributed by atoms with E-state index in [1.807, 2.05) is 73.7 Å². The molecule has 9 heteroatoms. The van der Waals surface area contributed by atoms with Crippen LogP contribution in [-0.4, -0.2) is 42.1 Å². The van der Waals surface area contributed by atoms with Crippen LogP contribution in [0.4, 0.5) is 15.9 Å². The normalized spacial score (nSPS) is 14.2. The Kier molecular flexibility index (Phi) is 8.64. The topological polar surface area (TPSA) is 61.4 Å². The standard InChI is InChI=1S/C30H29ClFN5OS/c1-21(23-7-3-2-4-8-23)33-29(38)24-13-11-22(12-14-24)20-39-30-34-27(31)19-28(35-30)37-17-15-36(16-18-37)26-10-6-5-9-25(26)32/h2-14,19,21H,15-18,20H2,1H3,(H,33,38). The van der Waals surface area contributed by atoms with E-state index in [1.54, 1.807) is 12.1 Å². The van der Waals surface area contributed by atoms with E-state index in [0.29, 0.717) is 53.5 Å². The van der Waals surface area contributed by atoms with Crippen molar-refractivity contribution in [2.45, 2.75) is 23.9 Å². The fraction of sp³-hybridized carbons (Fsp3) is 0.233. The fourth-order valence-corrected chi connectivity index (χ4v) is 5.54. The number of amides is 1. The molecule has 0 aliphatic carbocycles. The fourth-order valence-electron chi connectivity index (χ4n) is 4.50. The molecule has 1 unspecified atom stereocenters. The van der Waals surface area contributed by atoms with Gasteiger partial charge in [-0.3, -0.25) is 4.79 Å². The number of nitrogens with one attached hydrogen (secondary N) is 1. The lowest BCUT2D eigenvalue weighted by atomic mass is 10.1. The van der Waals surface area contributed by atoms with E-state index in [9.17, 15) is 9.18 Å². The summed E-state index contributed by atoms with van der Waals surface area (Å²) in [5, 5.41) is 4.02. The van der Waals surface area contributed by atoms with Crippen LogP contribution < -0.4 is 15.1 Å². The molecule has 1 aliphatic rings. The number of thioether (sulfide) groups is 1. The quantitative estimate of drug-likeness (QED) is 0.153. The Morgan fingerprint density at radius 2 is 1.62 bits per heavy atom. The van der Waals surface area contributed by atoms with Gasteiger partial charge in [0.1, 0.15) is 16.8 Å². The van der Waals surface area contributed by atoms with E-state index >= 15 is 0 Å². The van der Waals surface area contributed by atoms with Gasteiger partial charge in [-0.1, -0.05) is 78.0 Å². The maximum atomic E-state index is 14.2. The highest BCUT2D eigenvalue weighted by Crippen LogP contribution is 2.27. The summed E-state index contributed by atoms with van der Waals surface area (Å²) in [6.07, 6.45) is 0. The molecule has 0 bridgehead atoms. The third-order valence-corrected chi connectivity index (χ3v) is 7.80. The third-order valence-electron chi connectivity index (χ3n) is 6.69. The van der Waals surface area contributed by atoms with Crippen LogP contribution in [0, 0.1) is 5.82 Å². The summed E-state index contributed by atoms with van der Waals surface area (Å²) in [7, 11) is 0. The molecule has 0 radical (unpaired) electrons. The first-order valence-corrected chi connectivity index (χ1v) is 14.2. The van der Waals surface area contributed by atoms with Crippen LogP contribution in [0.1, 0.15) is 34.5 Å². The first-order chi connectivity index (χ1) is 19.0. The Balaban J connectivity index is 1.16. The van der Waals surface area contributed by atoms with E-state index < -0.39 is 0 Å². The Morgan fingerprint density at radius 3 is 2.33 bits per heavy atom. The number of rotatable bonds is 8. The van der Waals surface area contributed by atoms with Gasteiger partial charge in [0.2, 0.25) is 0 Å². The number of carbonyl (C=O) groups excluding carboxylic acids is 1. The van der Waals surface area contributed by atoms with Crippen molar-refractivity contribution in [3.8, 4) is 0 Å². The largest absolute Gasteiger partial charge is 0.366 e. The molecular weight excluding hydrogens is 533 g/mol. The number of carbonyl (C=O) groups is 1. The zero-order valence-corrected chi connectivity index (χ0v) is 23.1. The number of hydrogen-bond acceptors (Lipinski definition) is 6. The van der Waals surface area contributed by atoms with E-state index in [-0.39, 0.29) is 17.8 Å². The molecule has 5 rings (SSSR count). The molecule has 39 heavy (non-hydrogen) atoms. The predicted octanol–water partition coefficient (Wildman–Crippen LogP) is 6.38. The molecule has 1 N–H and O–H groups in total. The number of benzene rings is 3. The molecule has 2 heterocycles. The van der Waals surface area contributed by atoms with Gasteiger partial charge in [0, 0.05) is 43.6 Å². The lowest BCUT2D eigenvalue weighted by molar-refractivity contribution is 0.0940. The highest BCUT2D eigenvalue weighted by molar-refractivity contribution is 7.98. The first-order valence-electron chi connectivity index (χ1n) is 12.8. The molecule has 0 spiro atoms. The van der Waals surface area contributed by atoms with Gasteiger partial charge in [0.25, 0.3) is 5.91 Å². The number of aromatic nitrogens is 2. The molecule has 1 saturated heterocycles. The van der Waals surface area contributed by atoms with Gasteiger partial charge in [0.15, 0.2) is 5.16 Å². The van der Waals surface area contributed by atoms with Crippen LogP contribution in [0.3, 0.4) is 0 Å². The van der Waals surface area contributed by atoms with E-state index in [4.69, 9.17) is 16.6 Å². The maximum absolute atomic E-state index is 14.2. The molecule has 0 saturated carbocycles. The Morgan fingerprint density at radius 1 is 0.949 bits per heavy atom. The molecule has 3 aromatic carbocycles. The summed E-state index contributed by atoms with van der Waals surface area (Å²) in [5.74, 6) is 1.10. The second-order valence-corrected chi connectivity index (χ2v) is 10.7. The van der Waals surface area contributed by atoms with Gasteiger partial charge in [-0.15, -0.1) is 0 Å². The van der Waals surface area contributed by atoms with Crippen molar-refractivity contribution in [3.63, 3.8) is 0 Å². The number of para-hydroxylation sites is 1. The summed E-state index contributed by atoms with van der Waals surface area (Å²) >= 11 is 7.84. The van der Waals surface area contributed by atoms with Crippen molar-refractivity contribution in [3.05, 3.63) is 113 Å². The molecule has 1 aromatic heterocycles. The lowest BCUT2D eigenvalue weighted by Gasteiger charge is -2.36. The van der Waals surface area contributed by atoms with Crippen molar-refractivity contribution in [1.29, 1.82) is 0 Å². The Bertz CT molecular complexity index is 1410. The van der Waals surface area contributed by atoms with Crippen LogP contribution in [-0.2, 0) is 5.75 Å². The zero-order valence-electron chi connectivity index (χ0n) is 21.6. The van der Waals surface area contributed by atoms with Crippen LogP contribution >= 0.6 is 23.4 Å². The summed E-state index contributed by atoms with van der Waals surface area (Å²) in [6.45, 7) is 4.76. The maximum Gasteiger partial charge on any atom is 0.251 e. The highest BCUT2D eigenvalue weighted by atomic mass is 35.5. The van der Waals surface area contributed by atoms with E-state index in [2.05, 4.69) is 20.1 Å². The number of anilines is 2. The molecule has 4 aromatic rings. The smallest absolute Gasteiger partial charge is 0.251 e. The summed E-state index contributed by atoms with van der Waals surface area (Å²) in [6, 6.07) is 26.0. The minimum atomic E-state index is -0.204. The predicted molar refractivity (Wildman–Crippen MR) is 156 cm³/mol. The average Bonchev–Trinajstić information content (AvgIpc) is 2.97. The SMILES string of the molecule is CC(NC(=O)c1ccc(CSc2nc(Cl)cc(N3CCN(c4ccccc4F)CC3)n2)cc1)c1ccccc1. The van der Waals surface area contributed by atoms with Gasteiger partial charge < -0.3 is 15.1 Å². The lowest BCUT2D eigenvalue weighted by Crippen LogP contribution is -2.47. The van der Waals surface area contributed by atoms with E-state index in [1.165, 1.54) is 17.8 Å². The van der Waals surface area contributed by atoms with Gasteiger partial charge in [-0.05, 0) is 42.3 Å². The molecular formula is C30H29ClFN5OS. The zero-order chi connectivity index (χ0) is 27.2. The van der Waals surface area contributed by atoms with Crippen molar-refractivity contribution >= 4 is 40.8 Å². The third kappa shape index (κ3) is 6.88. The monoisotopic (exact) mass is 561 g/mol. The van der Waals surface area contributed by atoms with Gasteiger partial charge in [0.05, 0.1) is 11.7 Å². The summed E-state index contributed by atoms with van der Waals surface area (Å²) < 4.78 is 14.2. The molecule has 1 aliphatic heterocycles. The van der Waals surface area contributed by atoms with Gasteiger partial charge in [-0.2, -0.15) is 0 Å². The van der Waals surface area contributed by atoms with Crippen LogP contribution in [0.15, 0.2) is 90.1 Å². The second-order valence-electron chi connectivity index (χ2n) is 9.35. The van der Waals surface area contributed by atoms with Crippen molar-refractivity contribution in [2.75, 3.05) is 36.0 Å². The summed E-state index contributed by atoms with van der Waals surface area (Å²) in [5.41, 5.74) is 3.36. The molecule has 6 nitrogen and oxygen atoms in total. The minimum Gasteiger partial charge on any atom is -0.366 e. The summed E-state index contributed by atoms with van der Waals surface area (Å²) in [4.78, 5) is 26.0. The molecule has 1 fully saturated rings. The number of hydrogen-bond donors (Lipinski definition) is 1. The number of piperazine rings is 1. The Hall–Kier alpha value is -3.62. The average molecular weight is 562 g/mol. The molecule has 200 valence electrons.